The molecule has 1 atom stereocenters. The Morgan fingerprint density at radius 1 is 0.939 bits per heavy atom. The number of anilines is 3. The van der Waals surface area contributed by atoms with Gasteiger partial charge in [0.05, 0.1) is 23.7 Å². The van der Waals surface area contributed by atoms with Gasteiger partial charge in [-0.1, -0.05) is 80.9 Å². The SMILES string of the molecule is Cc1ccc(-n2nc(C(C)(C)C)cc2NC(=O)Nc2ccc(OCCN3CCOC(C(=O)N(C)c4ccccc4)C3)c3ccccc23)cc1. The van der Waals surface area contributed by atoms with Crippen LogP contribution in [0.25, 0.3) is 16.5 Å². The summed E-state index contributed by atoms with van der Waals surface area (Å²) in [5, 5.41) is 12.6. The molecular formula is C39H44N6O4. The molecular weight excluding hydrogens is 616 g/mol. The molecule has 0 aliphatic carbocycles. The Morgan fingerprint density at radius 3 is 2.39 bits per heavy atom. The number of rotatable bonds is 9. The average molecular weight is 661 g/mol. The Balaban J connectivity index is 1.10. The summed E-state index contributed by atoms with van der Waals surface area (Å²) in [5.74, 6) is 1.23. The zero-order chi connectivity index (χ0) is 34.5. The number of para-hydroxylation sites is 1. The van der Waals surface area contributed by atoms with Crippen LogP contribution in [0.4, 0.5) is 22.0 Å². The van der Waals surface area contributed by atoms with E-state index in [0.717, 1.165) is 45.7 Å². The van der Waals surface area contributed by atoms with Crippen molar-refractivity contribution < 1.29 is 19.1 Å². The predicted molar refractivity (Wildman–Crippen MR) is 195 cm³/mol. The third-order valence-electron chi connectivity index (χ3n) is 8.70. The van der Waals surface area contributed by atoms with E-state index in [9.17, 15) is 9.59 Å². The highest BCUT2D eigenvalue weighted by Gasteiger charge is 2.29. The molecule has 1 fully saturated rings. The van der Waals surface area contributed by atoms with Gasteiger partial charge in [-0.25, -0.2) is 9.48 Å². The van der Waals surface area contributed by atoms with Crippen LogP contribution in [-0.4, -0.2) is 72.6 Å². The molecule has 2 heterocycles. The number of likely N-dealkylation sites (N-methyl/N-ethyl adjacent to an activating group) is 1. The van der Waals surface area contributed by atoms with Crippen LogP contribution < -0.4 is 20.3 Å². The normalized spacial score (nSPS) is 15.2. The van der Waals surface area contributed by atoms with Crippen LogP contribution in [0.3, 0.4) is 0 Å². The molecule has 10 heteroatoms. The number of carbonyl (C=O) groups is 2. The average Bonchev–Trinajstić information content (AvgIpc) is 3.53. The van der Waals surface area contributed by atoms with Gasteiger partial charge in [0.1, 0.15) is 24.3 Å². The Morgan fingerprint density at radius 2 is 1.65 bits per heavy atom. The van der Waals surface area contributed by atoms with E-state index >= 15 is 0 Å². The molecule has 5 aromatic rings. The molecule has 49 heavy (non-hydrogen) atoms. The largest absolute Gasteiger partial charge is 0.492 e. The fourth-order valence-corrected chi connectivity index (χ4v) is 5.83. The molecule has 1 unspecified atom stereocenters. The van der Waals surface area contributed by atoms with Gasteiger partial charge in [0, 0.05) is 54.6 Å². The standard InChI is InChI=1S/C39H44N6O4/c1-27-15-17-29(18-16-27)45-36(25-35(42-45)39(2,3)4)41-38(47)40-32-19-20-33(31-14-10-9-13-30(31)32)48-23-21-44-22-24-49-34(26-44)37(46)43(5)28-11-7-6-8-12-28/h6-20,25,34H,21-24,26H2,1-5H3,(H2,40,41,47). The van der Waals surface area contributed by atoms with Crippen LogP contribution >= 0.6 is 0 Å². The number of hydrogen-bond acceptors (Lipinski definition) is 6. The summed E-state index contributed by atoms with van der Waals surface area (Å²) in [6.45, 7) is 11.1. The number of hydrogen-bond donors (Lipinski definition) is 2. The molecule has 4 aromatic carbocycles. The lowest BCUT2D eigenvalue weighted by Gasteiger charge is -2.34. The molecule has 1 saturated heterocycles. The molecule has 254 valence electrons. The first-order chi connectivity index (χ1) is 23.6. The molecule has 1 aromatic heterocycles. The minimum absolute atomic E-state index is 0.0656. The highest BCUT2D eigenvalue weighted by molar-refractivity contribution is 6.07. The van der Waals surface area contributed by atoms with E-state index in [4.69, 9.17) is 14.6 Å². The fourth-order valence-electron chi connectivity index (χ4n) is 5.83. The zero-order valence-electron chi connectivity index (χ0n) is 28.8. The van der Waals surface area contributed by atoms with E-state index in [0.29, 0.717) is 37.8 Å². The lowest BCUT2D eigenvalue weighted by Crippen LogP contribution is -2.51. The smallest absolute Gasteiger partial charge is 0.324 e. The quantitative estimate of drug-likeness (QED) is 0.176. The van der Waals surface area contributed by atoms with Gasteiger partial charge in [-0.15, -0.1) is 0 Å². The maximum Gasteiger partial charge on any atom is 0.324 e. The highest BCUT2D eigenvalue weighted by Crippen LogP contribution is 2.32. The first-order valence-electron chi connectivity index (χ1n) is 16.6. The van der Waals surface area contributed by atoms with Crippen molar-refractivity contribution in [2.75, 3.05) is 55.4 Å². The van der Waals surface area contributed by atoms with Gasteiger partial charge < -0.3 is 19.7 Å². The summed E-state index contributed by atoms with van der Waals surface area (Å²) >= 11 is 0. The number of carbonyl (C=O) groups excluding carboxylic acids is 2. The minimum Gasteiger partial charge on any atom is -0.492 e. The number of amides is 3. The molecule has 1 aliphatic heterocycles. The molecule has 2 N–H and O–H groups in total. The lowest BCUT2D eigenvalue weighted by atomic mass is 9.92. The Kier molecular flexibility index (Phi) is 9.98. The van der Waals surface area contributed by atoms with Gasteiger partial charge in [0.2, 0.25) is 0 Å². The predicted octanol–water partition coefficient (Wildman–Crippen LogP) is 7.02. The Bertz CT molecular complexity index is 1920. The summed E-state index contributed by atoms with van der Waals surface area (Å²) in [5.41, 5.74) is 4.18. The van der Waals surface area contributed by atoms with Crippen LogP contribution in [0.15, 0.2) is 97.1 Å². The second kappa shape index (κ2) is 14.5. The zero-order valence-corrected chi connectivity index (χ0v) is 28.8. The summed E-state index contributed by atoms with van der Waals surface area (Å²) in [6, 6.07) is 30.7. The maximum absolute atomic E-state index is 13.4. The first kappa shape index (κ1) is 33.7. The lowest BCUT2D eigenvalue weighted by molar-refractivity contribution is -0.135. The van der Waals surface area contributed by atoms with Gasteiger partial charge in [-0.05, 0) is 43.3 Å². The van der Waals surface area contributed by atoms with Gasteiger partial charge in [-0.3, -0.25) is 15.0 Å². The van der Waals surface area contributed by atoms with Crippen molar-refractivity contribution in [2.45, 2.75) is 39.2 Å². The summed E-state index contributed by atoms with van der Waals surface area (Å²) in [6.07, 6.45) is -0.535. The van der Waals surface area contributed by atoms with Gasteiger partial charge >= 0.3 is 6.03 Å². The molecule has 0 saturated carbocycles. The van der Waals surface area contributed by atoms with E-state index in [1.54, 1.807) is 16.6 Å². The third kappa shape index (κ3) is 7.93. The fraction of sp³-hybridized carbons (Fsp3) is 0.308. The Labute approximate surface area is 287 Å². The second-order valence-corrected chi connectivity index (χ2v) is 13.4. The van der Waals surface area contributed by atoms with Gasteiger partial charge in [0.15, 0.2) is 0 Å². The van der Waals surface area contributed by atoms with E-state index in [2.05, 4.69) is 36.3 Å². The van der Waals surface area contributed by atoms with Crippen molar-refractivity contribution in [3.8, 4) is 11.4 Å². The number of morpholine rings is 1. The number of nitrogens with zero attached hydrogens (tertiary/aromatic N) is 4. The van der Waals surface area contributed by atoms with E-state index in [1.165, 1.54) is 0 Å². The molecule has 10 nitrogen and oxygen atoms in total. The van der Waals surface area contributed by atoms with E-state index in [-0.39, 0.29) is 17.4 Å². The van der Waals surface area contributed by atoms with Crippen molar-refractivity contribution in [2.24, 2.45) is 0 Å². The minimum atomic E-state index is -0.535. The van der Waals surface area contributed by atoms with Crippen LogP contribution in [0.1, 0.15) is 32.0 Å². The molecule has 0 spiro atoms. The number of benzene rings is 4. The molecule has 1 aliphatic rings. The molecule has 3 amide bonds. The first-order valence-corrected chi connectivity index (χ1v) is 16.6. The number of nitrogens with one attached hydrogen (secondary N) is 2. The topological polar surface area (TPSA) is 101 Å². The van der Waals surface area contributed by atoms with Crippen molar-refractivity contribution in [3.63, 3.8) is 0 Å². The van der Waals surface area contributed by atoms with Crippen molar-refractivity contribution in [1.82, 2.24) is 14.7 Å². The summed E-state index contributed by atoms with van der Waals surface area (Å²) < 4.78 is 13.9. The molecule has 0 bridgehead atoms. The van der Waals surface area contributed by atoms with Crippen LogP contribution in [0.5, 0.6) is 5.75 Å². The number of aryl methyl sites for hydroxylation is 1. The van der Waals surface area contributed by atoms with Crippen LogP contribution in [0, 0.1) is 6.92 Å². The maximum atomic E-state index is 13.4. The number of urea groups is 1. The second-order valence-electron chi connectivity index (χ2n) is 13.4. The summed E-state index contributed by atoms with van der Waals surface area (Å²) in [4.78, 5) is 30.4. The van der Waals surface area contributed by atoms with Gasteiger partial charge in [-0.2, -0.15) is 5.10 Å². The highest BCUT2D eigenvalue weighted by atomic mass is 16.5. The summed E-state index contributed by atoms with van der Waals surface area (Å²) in [7, 11) is 1.78. The van der Waals surface area contributed by atoms with Crippen LogP contribution in [0.2, 0.25) is 0 Å². The van der Waals surface area contributed by atoms with E-state index in [1.807, 2.05) is 104 Å². The molecule has 0 radical (unpaired) electrons. The van der Waals surface area contributed by atoms with Crippen molar-refractivity contribution in [3.05, 3.63) is 108 Å². The van der Waals surface area contributed by atoms with E-state index < -0.39 is 6.10 Å². The Hall–Kier alpha value is -5.19. The third-order valence-corrected chi connectivity index (χ3v) is 8.70. The number of aromatic nitrogens is 2. The number of fused-ring (bicyclic) bond motifs is 1. The molecule has 6 rings (SSSR count). The number of ether oxygens (including phenoxy) is 2. The van der Waals surface area contributed by atoms with Crippen molar-refractivity contribution in [1.29, 1.82) is 0 Å². The van der Waals surface area contributed by atoms with Crippen molar-refractivity contribution >= 4 is 39.9 Å². The monoisotopic (exact) mass is 660 g/mol. The van der Waals surface area contributed by atoms with Crippen LogP contribution in [-0.2, 0) is 14.9 Å². The van der Waals surface area contributed by atoms with Gasteiger partial charge in [0.25, 0.3) is 5.91 Å².